The number of benzene rings is 1. The number of nitrogens with one attached hydrogen (secondary N) is 1. The maximum Gasteiger partial charge on any atom is 0.253 e. The van der Waals surface area contributed by atoms with E-state index in [4.69, 9.17) is 5.11 Å². The molecule has 12 heteroatoms. The Kier molecular flexibility index (Phi) is 7.86. The second kappa shape index (κ2) is 10.7. The van der Waals surface area contributed by atoms with Crippen molar-refractivity contribution >= 4 is 62.9 Å². The normalized spacial score (nSPS) is 20.3. The smallest absolute Gasteiger partial charge is 0.253 e. The van der Waals surface area contributed by atoms with E-state index in [2.05, 4.69) is 10.3 Å². The van der Waals surface area contributed by atoms with E-state index in [-0.39, 0.29) is 24.0 Å². The Morgan fingerprint density at radius 1 is 1.37 bits per heavy atom. The lowest BCUT2D eigenvalue weighted by atomic mass is 10.0. The third-order valence-corrected chi connectivity index (χ3v) is 9.21. The van der Waals surface area contributed by atoms with Gasteiger partial charge in [-0.2, -0.15) is 0 Å². The fourth-order valence-corrected chi connectivity index (χ4v) is 7.06. The molecule has 0 radical (unpaired) electrons. The third-order valence-electron chi connectivity index (χ3n) is 5.73. The third kappa shape index (κ3) is 5.72. The monoisotopic (exact) mass is 534 g/mol. The van der Waals surface area contributed by atoms with E-state index in [0.29, 0.717) is 28.9 Å². The number of quaternary nitrogens is 1. The van der Waals surface area contributed by atoms with Crippen LogP contribution in [0.15, 0.2) is 52.0 Å². The summed E-state index contributed by atoms with van der Waals surface area (Å²) >= 11 is 4.22. The first-order valence-electron chi connectivity index (χ1n) is 11.0. The van der Waals surface area contributed by atoms with Crippen LogP contribution in [-0.4, -0.2) is 94.0 Å². The van der Waals surface area contributed by atoms with Gasteiger partial charge >= 0.3 is 0 Å². The first-order valence-corrected chi connectivity index (χ1v) is 13.8. The summed E-state index contributed by atoms with van der Waals surface area (Å²) in [5.41, 5.74) is 1.24. The highest BCUT2D eigenvalue weighted by molar-refractivity contribution is 8.01. The molecule has 0 spiro atoms. The van der Waals surface area contributed by atoms with Crippen molar-refractivity contribution in [3.63, 3.8) is 0 Å². The Balaban J connectivity index is 1.37. The minimum Gasteiger partial charge on any atom is -0.543 e. The van der Waals surface area contributed by atoms with Crippen molar-refractivity contribution in [2.24, 2.45) is 0 Å². The lowest BCUT2D eigenvalue weighted by Crippen LogP contribution is -2.71. The highest BCUT2D eigenvalue weighted by Crippen LogP contribution is 2.40. The van der Waals surface area contributed by atoms with Crippen LogP contribution in [0.3, 0.4) is 0 Å². The van der Waals surface area contributed by atoms with Gasteiger partial charge in [-0.1, -0.05) is 30.0 Å². The molecule has 3 heterocycles. The molecule has 2 N–H and O–H groups in total. The van der Waals surface area contributed by atoms with E-state index in [9.17, 15) is 19.5 Å². The van der Waals surface area contributed by atoms with Crippen molar-refractivity contribution in [3.05, 3.63) is 47.7 Å². The number of fused-ring (bicyclic) bond motifs is 2. The summed E-state index contributed by atoms with van der Waals surface area (Å²) in [6.07, 6.45) is 3.55. The molecule has 4 rings (SSSR count). The van der Waals surface area contributed by atoms with Gasteiger partial charge in [-0.25, -0.2) is 4.98 Å². The molecule has 1 fully saturated rings. The second-order valence-electron chi connectivity index (χ2n) is 8.82. The summed E-state index contributed by atoms with van der Waals surface area (Å²) in [5, 5.41) is 23.3. The molecule has 1 aromatic heterocycles. The van der Waals surface area contributed by atoms with Crippen LogP contribution < -0.4 is 10.4 Å². The van der Waals surface area contributed by atoms with Crippen LogP contribution in [0.1, 0.15) is 0 Å². The maximum absolute atomic E-state index is 12.8. The summed E-state index contributed by atoms with van der Waals surface area (Å²) in [4.78, 5) is 42.9. The van der Waals surface area contributed by atoms with Crippen molar-refractivity contribution < 1.29 is 29.1 Å². The molecule has 1 saturated heterocycles. The summed E-state index contributed by atoms with van der Waals surface area (Å²) in [7, 11) is 3.92. The predicted molar refractivity (Wildman–Crippen MR) is 135 cm³/mol. The van der Waals surface area contributed by atoms with E-state index < -0.39 is 23.3 Å². The molecule has 1 aromatic carbocycles. The molecule has 0 unspecified atom stereocenters. The molecule has 0 saturated carbocycles. The van der Waals surface area contributed by atoms with E-state index in [1.807, 2.05) is 44.4 Å². The van der Waals surface area contributed by atoms with Crippen molar-refractivity contribution in [2.75, 3.05) is 45.3 Å². The number of carbonyl (C=O) groups is 3. The fraction of sp³-hybridized carbons (Fsp3) is 0.391. The van der Waals surface area contributed by atoms with E-state index >= 15 is 0 Å². The van der Waals surface area contributed by atoms with Gasteiger partial charge in [-0.15, -0.1) is 23.1 Å². The Morgan fingerprint density at radius 2 is 2.14 bits per heavy atom. The Morgan fingerprint density at radius 3 is 2.86 bits per heavy atom. The summed E-state index contributed by atoms with van der Waals surface area (Å²) in [5.74, 6) is -1.68. The molecule has 0 bridgehead atoms. The lowest BCUT2D eigenvalue weighted by Gasteiger charge is -2.50. The Bertz CT molecular complexity index is 1180. The number of rotatable bonds is 10. The van der Waals surface area contributed by atoms with Gasteiger partial charge in [0.05, 0.1) is 54.9 Å². The Labute approximate surface area is 215 Å². The standard InChI is InChI=1S/C23H26N4O5S3/c1-27(2,10-11-28)9-5-6-14-12-33-21-18(20(30)26(21)19(14)22(31)32)25-17(29)13-34-23-24-15-7-3-4-8-16(15)35-23/h3-8,18,21,28H,9-13H2,1-2H3,(H-,25,29,31,32)/t18-,21-/m1/s1. The zero-order valence-corrected chi connectivity index (χ0v) is 21.8. The highest BCUT2D eigenvalue weighted by Gasteiger charge is 2.52. The summed E-state index contributed by atoms with van der Waals surface area (Å²) < 4.78 is 2.36. The molecule has 9 nitrogen and oxygen atoms in total. The number of β-lactam (4-membered cyclic amide) rings is 1. The molecular formula is C23H26N4O5S3. The number of aliphatic carboxylic acids is 1. The van der Waals surface area contributed by atoms with Crippen LogP contribution in [0.4, 0.5) is 0 Å². The van der Waals surface area contributed by atoms with Gasteiger partial charge in [0.25, 0.3) is 5.91 Å². The number of thioether (sulfide) groups is 2. The summed E-state index contributed by atoms with van der Waals surface area (Å²) in [6, 6.07) is 6.96. The molecule has 2 aliphatic rings. The fourth-order valence-electron chi connectivity index (χ4n) is 3.86. The van der Waals surface area contributed by atoms with Crippen LogP contribution >= 0.6 is 34.9 Å². The molecule has 186 valence electrons. The zero-order valence-electron chi connectivity index (χ0n) is 19.3. The van der Waals surface area contributed by atoms with Crippen LogP contribution in [0.2, 0.25) is 0 Å². The van der Waals surface area contributed by atoms with Crippen LogP contribution in [-0.2, 0) is 14.4 Å². The topological polar surface area (TPSA) is 123 Å². The van der Waals surface area contributed by atoms with Gasteiger partial charge in [0.1, 0.15) is 18.0 Å². The van der Waals surface area contributed by atoms with E-state index in [1.54, 1.807) is 6.08 Å². The number of carboxylic acids is 1. The van der Waals surface area contributed by atoms with Crippen molar-refractivity contribution in [2.45, 2.75) is 15.8 Å². The minimum absolute atomic E-state index is 0.0554. The number of carboxylic acid groups (broad SMARTS) is 1. The molecule has 2 atom stereocenters. The largest absolute Gasteiger partial charge is 0.543 e. The highest BCUT2D eigenvalue weighted by atomic mass is 32.2. The van der Waals surface area contributed by atoms with Gasteiger partial charge in [-0.3, -0.25) is 14.5 Å². The number of aliphatic hydroxyl groups is 1. The number of nitrogens with zero attached hydrogens (tertiary/aromatic N) is 3. The number of hydrogen-bond acceptors (Lipinski definition) is 9. The molecule has 2 amide bonds. The number of likely N-dealkylation sites (N-methyl/N-ethyl adjacent to an activating group) is 1. The number of allylic oxidation sites excluding steroid dienone is 1. The van der Waals surface area contributed by atoms with Crippen LogP contribution in [0.25, 0.3) is 10.2 Å². The quantitative estimate of drug-likeness (QED) is 0.255. The van der Waals surface area contributed by atoms with Crippen LogP contribution in [0.5, 0.6) is 0 Å². The van der Waals surface area contributed by atoms with Gasteiger partial charge in [-0.05, 0) is 23.8 Å². The molecular weight excluding hydrogens is 508 g/mol. The van der Waals surface area contributed by atoms with Crippen molar-refractivity contribution in [3.8, 4) is 0 Å². The number of hydrogen-bond donors (Lipinski definition) is 2. The molecule has 0 aliphatic carbocycles. The number of aromatic nitrogens is 1. The lowest BCUT2D eigenvalue weighted by molar-refractivity contribution is -0.884. The number of aliphatic hydroxyl groups excluding tert-OH is 1. The number of carbonyl (C=O) groups excluding carboxylic acids is 3. The second-order valence-corrected chi connectivity index (χ2v) is 12.2. The average molecular weight is 535 g/mol. The molecule has 2 aliphatic heterocycles. The van der Waals surface area contributed by atoms with Crippen LogP contribution in [0, 0.1) is 0 Å². The predicted octanol–water partition coefficient (Wildman–Crippen LogP) is 0.417. The SMILES string of the molecule is C[N+](C)(CC=CC1=C(C(=O)[O-])N2C(=O)[C@@H](NC(=O)CSc3nc4ccccc4s3)[C@H]2SC1)CCO. The zero-order chi connectivity index (χ0) is 25.2. The van der Waals surface area contributed by atoms with E-state index in [1.165, 1.54) is 39.8 Å². The number of para-hydroxylation sites is 1. The maximum atomic E-state index is 12.8. The van der Waals surface area contributed by atoms with Crippen molar-refractivity contribution in [1.29, 1.82) is 0 Å². The molecule has 2 aromatic rings. The van der Waals surface area contributed by atoms with Crippen molar-refractivity contribution in [1.82, 2.24) is 15.2 Å². The first-order chi connectivity index (χ1) is 16.7. The number of thiazole rings is 1. The summed E-state index contributed by atoms with van der Waals surface area (Å²) in [6.45, 7) is 1.22. The van der Waals surface area contributed by atoms with Gasteiger partial charge in [0, 0.05) is 5.75 Å². The van der Waals surface area contributed by atoms with Gasteiger partial charge in [0.15, 0.2) is 4.34 Å². The Hall–Kier alpha value is -2.38. The van der Waals surface area contributed by atoms with Gasteiger partial charge in [0.2, 0.25) is 5.91 Å². The minimum atomic E-state index is -1.41. The van der Waals surface area contributed by atoms with E-state index in [0.717, 1.165) is 14.6 Å². The molecule has 35 heavy (non-hydrogen) atoms. The number of amides is 2. The van der Waals surface area contributed by atoms with Gasteiger partial charge < -0.3 is 24.8 Å². The first kappa shape index (κ1) is 25.7. The average Bonchev–Trinajstić information content (AvgIpc) is 3.23.